The molecule has 4 nitrogen and oxygen atoms in total. The third-order valence-corrected chi connectivity index (χ3v) is 10.1. The van der Waals surface area contributed by atoms with Crippen molar-refractivity contribution in [3.05, 3.63) is 60.8 Å². The van der Waals surface area contributed by atoms with Gasteiger partial charge in [0.1, 0.15) is 6.10 Å². The van der Waals surface area contributed by atoms with E-state index in [1.54, 1.807) is 0 Å². The van der Waals surface area contributed by atoms with Crippen LogP contribution in [0.4, 0.5) is 0 Å². The maximum Gasteiger partial charge on any atom is 0.306 e. The largest absolute Gasteiger partial charge is 0.457 e. The van der Waals surface area contributed by atoms with Gasteiger partial charge in [0.05, 0.1) is 13.2 Å². The fourth-order valence-electron chi connectivity index (χ4n) is 6.54. The molecule has 0 aliphatic carbocycles. The van der Waals surface area contributed by atoms with Gasteiger partial charge in [0.15, 0.2) is 0 Å². The molecule has 0 rings (SSSR count). The molecule has 0 aliphatic rings. The monoisotopic (exact) mass is 755 g/mol. The van der Waals surface area contributed by atoms with E-state index in [-0.39, 0.29) is 19.2 Å². The average Bonchev–Trinajstić information content (AvgIpc) is 3.18. The van der Waals surface area contributed by atoms with Crippen molar-refractivity contribution in [2.45, 2.75) is 232 Å². The molecule has 0 saturated carbocycles. The number of ether oxygens (including phenoxy) is 2. The first kappa shape index (κ1) is 52.1. The van der Waals surface area contributed by atoms with Crippen LogP contribution >= 0.6 is 0 Å². The lowest BCUT2D eigenvalue weighted by molar-refractivity contribution is -0.154. The lowest BCUT2D eigenvalue weighted by Gasteiger charge is -2.16. The molecule has 1 atom stereocenters. The number of aliphatic hydroxyl groups excluding tert-OH is 1. The highest BCUT2D eigenvalue weighted by Gasteiger charge is 2.13. The van der Waals surface area contributed by atoms with Crippen molar-refractivity contribution in [1.29, 1.82) is 0 Å². The highest BCUT2D eigenvalue weighted by atomic mass is 16.6. The smallest absolute Gasteiger partial charge is 0.306 e. The molecule has 54 heavy (non-hydrogen) atoms. The van der Waals surface area contributed by atoms with Crippen LogP contribution in [0.1, 0.15) is 226 Å². The Hall–Kier alpha value is -1.91. The van der Waals surface area contributed by atoms with Crippen molar-refractivity contribution in [3.8, 4) is 0 Å². The molecule has 0 radical (unpaired) electrons. The molecule has 0 aromatic carbocycles. The summed E-state index contributed by atoms with van der Waals surface area (Å²) in [7, 11) is 0. The van der Waals surface area contributed by atoms with Gasteiger partial charge in [-0.2, -0.15) is 0 Å². The maximum absolute atomic E-state index is 12.2. The molecule has 4 heteroatoms. The molecule has 0 aromatic heterocycles. The standard InChI is InChI=1S/C50H90O4/c1-3-5-7-9-11-13-15-17-19-21-23-24-25-26-27-28-30-32-34-36-38-40-42-44-46-53-48-49(47-51)54-50(52)45-43-41-39-37-35-33-31-29-22-20-18-16-14-12-10-8-6-4-2/h14-17,20-23,25-26,49,51H,3-13,18-19,24,27-48H2,1-2H3/b16-14-,17-15-,22-20-,23-21-,26-25-. The van der Waals surface area contributed by atoms with E-state index in [0.717, 1.165) is 38.5 Å². The third-order valence-electron chi connectivity index (χ3n) is 10.1. The molecule has 0 amide bonds. The lowest BCUT2D eigenvalue weighted by atomic mass is 10.1. The first-order valence-electron chi connectivity index (χ1n) is 23.4. The van der Waals surface area contributed by atoms with Gasteiger partial charge in [0.25, 0.3) is 0 Å². The molecule has 0 heterocycles. The third kappa shape index (κ3) is 44.5. The summed E-state index contributed by atoms with van der Waals surface area (Å²) in [5.74, 6) is -0.211. The Morgan fingerprint density at radius 3 is 1.19 bits per heavy atom. The summed E-state index contributed by atoms with van der Waals surface area (Å²) in [5, 5.41) is 9.62. The number of esters is 1. The summed E-state index contributed by atoms with van der Waals surface area (Å²) in [6.07, 6.45) is 62.9. The molecule has 0 saturated heterocycles. The number of carbonyl (C=O) groups is 1. The quantitative estimate of drug-likeness (QED) is 0.0383. The average molecular weight is 755 g/mol. The van der Waals surface area contributed by atoms with Crippen LogP contribution in [0.3, 0.4) is 0 Å². The zero-order valence-electron chi connectivity index (χ0n) is 36.0. The van der Waals surface area contributed by atoms with Crippen molar-refractivity contribution in [2.75, 3.05) is 19.8 Å². The number of hydrogen-bond acceptors (Lipinski definition) is 4. The molecule has 0 aromatic rings. The first-order valence-corrected chi connectivity index (χ1v) is 23.4. The van der Waals surface area contributed by atoms with E-state index in [1.807, 2.05) is 0 Å². The van der Waals surface area contributed by atoms with Crippen molar-refractivity contribution >= 4 is 5.97 Å². The predicted octanol–water partition coefficient (Wildman–Crippen LogP) is 15.6. The van der Waals surface area contributed by atoms with Gasteiger partial charge >= 0.3 is 5.97 Å². The molecule has 314 valence electrons. The fourth-order valence-corrected chi connectivity index (χ4v) is 6.54. The predicted molar refractivity (Wildman–Crippen MR) is 237 cm³/mol. The minimum atomic E-state index is -0.544. The fraction of sp³-hybridized carbons (Fsp3) is 0.780. The Morgan fingerprint density at radius 2 is 0.778 bits per heavy atom. The summed E-state index contributed by atoms with van der Waals surface area (Å²) in [4.78, 5) is 12.2. The Kier molecular flexibility index (Phi) is 45.6. The number of hydrogen-bond donors (Lipinski definition) is 1. The Morgan fingerprint density at radius 1 is 0.444 bits per heavy atom. The maximum atomic E-state index is 12.2. The van der Waals surface area contributed by atoms with Gasteiger partial charge in [-0.3, -0.25) is 4.79 Å². The Labute approximate surface area is 336 Å². The van der Waals surface area contributed by atoms with Crippen LogP contribution in [0.25, 0.3) is 0 Å². The van der Waals surface area contributed by atoms with Crippen LogP contribution in [-0.2, 0) is 14.3 Å². The van der Waals surface area contributed by atoms with E-state index < -0.39 is 6.10 Å². The van der Waals surface area contributed by atoms with Crippen LogP contribution < -0.4 is 0 Å². The summed E-state index contributed by atoms with van der Waals surface area (Å²) >= 11 is 0. The summed E-state index contributed by atoms with van der Waals surface area (Å²) in [6.45, 7) is 5.31. The van der Waals surface area contributed by atoms with E-state index in [0.29, 0.717) is 13.0 Å². The van der Waals surface area contributed by atoms with Gasteiger partial charge in [0, 0.05) is 13.0 Å². The highest BCUT2D eigenvalue weighted by molar-refractivity contribution is 5.69. The second-order valence-electron chi connectivity index (χ2n) is 15.5. The highest BCUT2D eigenvalue weighted by Crippen LogP contribution is 2.13. The molecule has 0 aliphatic heterocycles. The van der Waals surface area contributed by atoms with Crippen LogP contribution in [0.2, 0.25) is 0 Å². The van der Waals surface area contributed by atoms with Gasteiger partial charge in [-0.05, 0) is 83.5 Å². The van der Waals surface area contributed by atoms with Crippen LogP contribution in [0.5, 0.6) is 0 Å². The number of aliphatic hydroxyl groups is 1. The molecule has 1 N–H and O–H groups in total. The van der Waals surface area contributed by atoms with Crippen molar-refractivity contribution < 1.29 is 19.4 Å². The molecule has 1 unspecified atom stereocenters. The number of rotatable bonds is 43. The number of carbonyl (C=O) groups excluding carboxylic acids is 1. The van der Waals surface area contributed by atoms with Crippen LogP contribution in [-0.4, -0.2) is 37.0 Å². The second-order valence-corrected chi connectivity index (χ2v) is 15.5. The van der Waals surface area contributed by atoms with E-state index in [2.05, 4.69) is 74.6 Å². The topological polar surface area (TPSA) is 55.8 Å². The second kappa shape index (κ2) is 47.2. The minimum Gasteiger partial charge on any atom is -0.457 e. The van der Waals surface area contributed by atoms with Crippen molar-refractivity contribution in [2.24, 2.45) is 0 Å². The zero-order chi connectivity index (χ0) is 39.1. The van der Waals surface area contributed by atoms with Gasteiger partial charge in [-0.25, -0.2) is 0 Å². The Bertz CT molecular complexity index is 885. The first-order chi connectivity index (χ1) is 26.7. The van der Waals surface area contributed by atoms with Crippen LogP contribution in [0, 0.1) is 0 Å². The van der Waals surface area contributed by atoms with Gasteiger partial charge in [0.2, 0.25) is 0 Å². The van der Waals surface area contributed by atoms with E-state index in [9.17, 15) is 9.90 Å². The zero-order valence-corrected chi connectivity index (χ0v) is 36.0. The van der Waals surface area contributed by atoms with Crippen molar-refractivity contribution in [3.63, 3.8) is 0 Å². The minimum absolute atomic E-state index is 0.179. The van der Waals surface area contributed by atoms with E-state index >= 15 is 0 Å². The molecular weight excluding hydrogens is 665 g/mol. The Balaban J connectivity index is 3.46. The summed E-state index contributed by atoms with van der Waals surface area (Å²) < 4.78 is 11.2. The SMILES string of the molecule is CCCCCC/C=C\C/C=C\CCCCCCCCCC(=O)OC(CO)COCCCCCCCCCCC/C=C\C/C=C\C/C=C\CCCCCCC. The number of allylic oxidation sites excluding steroid dienone is 10. The molecule has 0 fully saturated rings. The summed E-state index contributed by atoms with van der Waals surface area (Å²) in [5.41, 5.74) is 0. The van der Waals surface area contributed by atoms with E-state index in [4.69, 9.17) is 9.47 Å². The summed E-state index contributed by atoms with van der Waals surface area (Å²) in [6, 6.07) is 0. The van der Waals surface area contributed by atoms with Gasteiger partial charge in [-0.15, -0.1) is 0 Å². The van der Waals surface area contributed by atoms with Crippen LogP contribution in [0.15, 0.2) is 60.8 Å². The normalized spacial score (nSPS) is 12.9. The lowest BCUT2D eigenvalue weighted by Crippen LogP contribution is -2.27. The van der Waals surface area contributed by atoms with E-state index in [1.165, 1.54) is 167 Å². The number of unbranched alkanes of at least 4 members (excludes halogenated alkanes) is 25. The van der Waals surface area contributed by atoms with Gasteiger partial charge in [-0.1, -0.05) is 197 Å². The van der Waals surface area contributed by atoms with Gasteiger partial charge < -0.3 is 14.6 Å². The molecule has 0 bridgehead atoms. The van der Waals surface area contributed by atoms with Crippen molar-refractivity contribution in [1.82, 2.24) is 0 Å². The molecule has 0 spiro atoms. The molecular formula is C50H90O4.